The van der Waals surface area contributed by atoms with Crippen molar-refractivity contribution in [2.24, 2.45) is 23.2 Å². The second-order valence-electron chi connectivity index (χ2n) is 9.60. The highest BCUT2D eigenvalue weighted by Crippen LogP contribution is 2.54. The standard InChI is InChI=1S/C29H35NO4/c1-20-18-24(15-17-34-16-14-22-10-6-4-7-11-22)29(28(32)33-3)26(21(20)2)25(30-27(29)31)19-23-12-8-5-9-13-23/h4-13,18,21,24-26H,14-17,19H2,1-3H3,(H,30,31)/t21-,24+,25+,26+,29-/m1/s1. The highest BCUT2D eigenvalue weighted by molar-refractivity contribution is 6.06. The number of methoxy groups -OCH3 is 1. The molecular weight excluding hydrogens is 426 g/mol. The van der Waals surface area contributed by atoms with Gasteiger partial charge in [-0.2, -0.15) is 0 Å². The van der Waals surface area contributed by atoms with Crippen LogP contribution in [0.4, 0.5) is 0 Å². The summed E-state index contributed by atoms with van der Waals surface area (Å²) in [6.07, 6.45) is 4.23. The van der Waals surface area contributed by atoms with Gasteiger partial charge in [-0.3, -0.25) is 9.59 Å². The van der Waals surface area contributed by atoms with Crippen LogP contribution < -0.4 is 5.32 Å². The normalized spacial score (nSPS) is 28.1. The van der Waals surface area contributed by atoms with Gasteiger partial charge in [0, 0.05) is 24.5 Å². The maximum Gasteiger partial charge on any atom is 0.322 e. The van der Waals surface area contributed by atoms with Gasteiger partial charge in [-0.1, -0.05) is 79.2 Å². The van der Waals surface area contributed by atoms with Crippen molar-refractivity contribution >= 4 is 11.9 Å². The van der Waals surface area contributed by atoms with E-state index in [2.05, 4.69) is 49.5 Å². The van der Waals surface area contributed by atoms with Gasteiger partial charge in [0.2, 0.25) is 5.91 Å². The molecule has 1 heterocycles. The molecule has 2 aliphatic rings. The smallest absolute Gasteiger partial charge is 0.322 e. The number of allylic oxidation sites excluding steroid dienone is 2. The number of hydrogen-bond donors (Lipinski definition) is 1. The van der Waals surface area contributed by atoms with E-state index in [1.165, 1.54) is 18.2 Å². The molecule has 0 saturated carbocycles. The lowest BCUT2D eigenvalue weighted by atomic mass is 9.56. The Morgan fingerprint density at radius 1 is 1.00 bits per heavy atom. The van der Waals surface area contributed by atoms with Crippen molar-refractivity contribution in [2.45, 2.75) is 39.2 Å². The quantitative estimate of drug-likeness (QED) is 0.261. The molecule has 0 radical (unpaired) electrons. The maximum atomic E-state index is 13.6. The van der Waals surface area contributed by atoms with Crippen LogP contribution in [-0.2, 0) is 31.9 Å². The highest BCUT2D eigenvalue weighted by atomic mass is 16.5. The largest absolute Gasteiger partial charge is 0.468 e. The van der Waals surface area contributed by atoms with Crippen LogP contribution >= 0.6 is 0 Å². The molecule has 2 aromatic carbocycles. The summed E-state index contributed by atoms with van der Waals surface area (Å²) >= 11 is 0. The zero-order valence-electron chi connectivity index (χ0n) is 20.3. The molecule has 5 atom stereocenters. The van der Waals surface area contributed by atoms with Gasteiger partial charge in [0.05, 0.1) is 13.7 Å². The van der Waals surface area contributed by atoms with Gasteiger partial charge in [-0.05, 0) is 43.2 Å². The second-order valence-corrected chi connectivity index (χ2v) is 9.60. The number of fused-ring (bicyclic) bond motifs is 1. The fraction of sp³-hybridized carbons (Fsp3) is 0.448. The summed E-state index contributed by atoms with van der Waals surface area (Å²) in [4.78, 5) is 26.9. The average molecular weight is 462 g/mol. The first-order valence-electron chi connectivity index (χ1n) is 12.2. The van der Waals surface area contributed by atoms with E-state index in [1.54, 1.807) is 0 Å². The minimum atomic E-state index is -1.23. The molecule has 0 spiro atoms. The molecule has 4 rings (SSSR count). The number of carbonyl (C=O) groups is 2. The highest BCUT2D eigenvalue weighted by Gasteiger charge is 2.66. The molecule has 1 amide bonds. The van der Waals surface area contributed by atoms with Crippen molar-refractivity contribution in [3.63, 3.8) is 0 Å². The number of amides is 1. The summed E-state index contributed by atoms with van der Waals surface area (Å²) in [5.41, 5.74) is 2.37. The van der Waals surface area contributed by atoms with Crippen LogP contribution in [0.15, 0.2) is 72.3 Å². The van der Waals surface area contributed by atoms with E-state index < -0.39 is 11.4 Å². The van der Waals surface area contributed by atoms with Crippen molar-refractivity contribution < 1.29 is 19.1 Å². The number of rotatable bonds is 9. The summed E-state index contributed by atoms with van der Waals surface area (Å²) in [5, 5.41) is 3.19. The van der Waals surface area contributed by atoms with Crippen molar-refractivity contribution in [1.82, 2.24) is 5.32 Å². The van der Waals surface area contributed by atoms with Crippen molar-refractivity contribution in [1.29, 1.82) is 0 Å². The summed E-state index contributed by atoms with van der Waals surface area (Å²) in [6, 6.07) is 20.2. The Morgan fingerprint density at radius 3 is 2.29 bits per heavy atom. The SMILES string of the molecule is COC(=O)[C@@]12C(=O)N[C@@H](Cc3ccccc3)[C@@H]1[C@H](C)C(C)=C[C@@H]2CCOCCc1ccccc1. The van der Waals surface area contributed by atoms with Crippen molar-refractivity contribution in [3.8, 4) is 0 Å². The molecule has 1 saturated heterocycles. The fourth-order valence-corrected chi connectivity index (χ4v) is 5.94. The molecule has 180 valence electrons. The third kappa shape index (κ3) is 4.54. The summed E-state index contributed by atoms with van der Waals surface area (Å²) in [5.74, 6) is -1.00. The molecule has 0 aromatic heterocycles. The molecule has 5 nitrogen and oxygen atoms in total. The van der Waals surface area contributed by atoms with E-state index >= 15 is 0 Å². The van der Waals surface area contributed by atoms with Gasteiger partial charge >= 0.3 is 5.97 Å². The molecular formula is C29H35NO4. The topological polar surface area (TPSA) is 64.6 Å². The Hall–Kier alpha value is -2.92. The molecule has 1 fully saturated rings. The third-order valence-corrected chi connectivity index (χ3v) is 7.73. The molecule has 2 aromatic rings. The van der Waals surface area contributed by atoms with Crippen LogP contribution in [0.25, 0.3) is 0 Å². The molecule has 1 aliphatic carbocycles. The Bertz CT molecular complexity index is 1020. The zero-order chi connectivity index (χ0) is 24.1. The van der Waals surface area contributed by atoms with Crippen molar-refractivity contribution in [3.05, 3.63) is 83.4 Å². The van der Waals surface area contributed by atoms with E-state index in [-0.39, 0.29) is 29.7 Å². The van der Waals surface area contributed by atoms with Gasteiger partial charge < -0.3 is 14.8 Å². The molecule has 0 unspecified atom stereocenters. The van der Waals surface area contributed by atoms with E-state index in [9.17, 15) is 9.59 Å². The van der Waals surface area contributed by atoms with Crippen LogP contribution in [0.3, 0.4) is 0 Å². The van der Waals surface area contributed by atoms with E-state index in [0.717, 1.165) is 12.0 Å². The Morgan fingerprint density at radius 2 is 1.65 bits per heavy atom. The van der Waals surface area contributed by atoms with Gasteiger partial charge in [0.25, 0.3) is 0 Å². The zero-order valence-corrected chi connectivity index (χ0v) is 20.3. The number of hydrogen-bond acceptors (Lipinski definition) is 4. The minimum absolute atomic E-state index is 0.0852. The Balaban J connectivity index is 1.53. The predicted molar refractivity (Wildman–Crippen MR) is 132 cm³/mol. The number of ether oxygens (including phenoxy) is 2. The first-order valence-corrected chi connectivity index (χ1v) is 12.2. The summed E-state index contributed by atoms with van der Waals surface area (Å²) < 4.78 is 11.2. The first kappa shape index (κ1) is 24.2. The second kappa shape index (κ2) is 10.6. The summed E-state index contributed by atoms with van der Waals surface area (Å²) in [7, 11) is 1.38. The van der Waals surface area contributed by atoms with Gasteiger partial charge in [0.1, 0.15) is 0 Å². The first-order chi connectivity index (χ1) is 16.5. The lowest BCUT2D eigenvalue weighted by molar-refractivity contribution is -0.165. The molecule has 1 N–H and O–H groups in total. The van der Waals surface area contributed by atoms with E-state index in [0.29, 0.717) is 26.1 Å². The van der Waals surface area contributed by atoms with Crippen LogP contribution in [0.1, 0.15) is 31.4 Å². The molecule has 0 bridgehead atoms. The Kier molecular flexibility index (Phi) is 7.52. The molecule has 34 heavy (non-hydrogen) atoms. The lowest BCUT2D eigenvalue weighted by Gasteiger charge is -2.44. The average Bonchev–Trinajstić information content (AvgIpc) is 3.15. The fourth-order valence-electron chi connectivity index (χ4n) is 5.94. The van der Waals surface area contributed by atoms with Crippen LogP contribution in [0, 0.1) is 23.2 Å². The Labute approximate surface area is 202 Å². The summed E-state index contributed by atoms with van der Waals surface area (Å²) in [6.45, 7) is 5.32. The monoisotopic (exact) mass is 461 g/mol. The van der Waals surface area contributed by atoms with Gasteiger partial charge in [-0.25, -0.2) is 0 Å². The number of esters is 1. The van der Waals surface area contributed by atoms with Crippen molar-refractivity contribution in [2.75, 3.05) is 20.3 Å². The van der Waals surface area contributed by atoms with Crippen LogP contribution in [0.5, 0.6) is 0 Å². The van der Waals surface area contributed by atoms with Gasteiger partial charge in [-0.15, -0.1) is 0 Å². The minimum Gasteiger partial charge on any atom is -0.468 e. The number of nitrogens with one attached hydrogen (secondary N) is 1. The number of benzene rings is 2. The molecule has 5 heteroatoms. The van der Waals surface area contributed by atoms with E-state index in [1.807, 2.05) is 36.4 Å². The predicted octanol–water partition coefficient (Wildman–Crippen LogP) is 4.36. The third-order valence-electron chi connectivity index (χ3n) is 7.73. The van der Waals surface area contributed by atoms with Gasteiger partial charge in [0.15, 0.2) is 5.41 Å². The number of carbonyl (C=O) groups excluding carboxylic acids is 2. The maximum absolute atomic E-state index is 13.6. The lowest BCUT2D eigenvalue weighted by Crippen LogP contribution is -2.53. The van der Waals surface area contributed by atoms with E-state index in [4.69, 9.17) is 9.47 Å². The molecule has 1 aliphatic heterocycles. The van der Waals surface area contributed by atoms with Crippen LogP contribution in [-0.4, -0.2) is 38.2 Å². The van der Waals surface area contributed by atoms with Crippen LogP contribution in [0.2, 0.25) is 0 Å².